The Labute approximate surface area is 183 Å². The zero-order valence-corrected chi connectivity index (χ0v) is 17.8. The molecule has 8 heteroatoms. The molecule has 1 N–H and O–H groups in total. The second-order valence-corrected chi connectivity index (χ2v) is 8.60. The maximum Gasteiger partial charge on any atom is 0.271 e. The number of hydrogen-bond acceptors (Lipinski definition) is 6. The Balaban J connectivity index is 1.48. The van der Waals surface area contributed by atoms with Gasteiger partial charge in [-0.2, -0.15) is 10.2 Å². The van der Waals surface area contributed by atoms with E-state index in [1.807, 2.05) is 34.8 Å². The van der Waals surface area contributed by atoms with Crippen LogP contribution in [0.1, 0.15) is 59.1 Å². The Morgan fingerprint density at radius 1 is 1.10 bits per heavy atom. The monoisotopic (exact) mass is 430 g/mol. The third kappa shape index (κ3) is 4.11. The number of carbonyl (C=O) groups is 1. The molecule has 3 aromatic heterocycles. The molecule has 1 amide bonds. The summed E-state index contributed by atoms with van der Waals surface area (Å²) in [6, 6.07) is 13.3. The number of hydrazone groups is 1. The molecule has 0 saturated heterocycles. The lowest BCUT2D eigenvalue weighted by atomic mass is 9.90. The highest BCUT2D eigenvalue weighted by Crippen LogP contribution is 2.36. The van der Waals surface area contributed by atoms with Crippen molar-refractivity contribution in [1.82, 2.24) is 25.0 Å². The fraction of sp³-hybridized carbons (Fsp3) is 0.261. The molecule has 31 heavy (non-hydrogen) atoms. The van der Waals surface area contributed by atoms with Gasteiger partial charge in [0.15, 0.2) is 0 Å². The molecule has 0 bridgehead atoms. The van der Waals surface area contributed by atoms with E-state index in [1.165, 1.54) is 32.1 Å². The first kappa shape index (κ1) is 19.6. The van der Waals surface area contributed by atoms with Gasteiger partial charge in [-0.25, -0.2) is 14.9 Å². The molecule has 0 aliphatic heterocycles. The van der Waals surface area contributed by atoms with E-state index in [4.69, 9.17) is 10.1 Å². The summed E-state index contributed by atoms with van der Waals surface area (Å²) in [5.74, 6) is 0.221. The van der Waals surface area contributed by atoms with Crippen LogP contribution in [-0.4, -0.2) is 31.7 Å². The fourth-order valence-corrected chi connectivity index (χ4v) is 5.01. The number of hydrogen-bond donors (Lipinski definition) is 1. The first-order chi connectivity index (χ1) is 15.3. The van der Waals surface area contributed by atoms with E-state index in [-0.39, 0.29) is 5.91 Å². The highest BCUT2D eigenvalue weighted by atomic mass is 32.1. The van der Waals surface area contributed by atoms with Crippen molar-refractivity contribution in [3.63, 3.8) is 0 Å². The number of amides is 1. The van der Waals surface area contributed by atoms with Gasteiger partial charge in [0.25, 0.3) is 5.91 Å². The first-order valence-electron chi connectivity index (χ1n) is 10.5. The van der Waals surface area contributed by atoms with Gasteiger partial charge in [-0.15, -0.1) is 0 Å². The van der Waals surface area contributed by atoms with Gasteiger partial charge >= 0.3 is 0 Å². The molecule has 1 fully saturated rings. The van der Waals surface area contributed by atoms with Crippen molar-refractivity contribution in [2.45, 2.75) is 38.0 Å². The number of aromatic nitrogens is 4. The molecule has 0 unspecified atom stereocenters. The maximum atomic E-state index is 12.3. The summed E-state index contributed by atoms with van der Waals surface area (Å²) in [7, 11) is 0. The minimum Gasteiger partial charge on any atom is -0.267 e. The van der Waals surface area contributed by atoms with Crippen molar-refractivity contribution in [2.75, 3.05) is 0 Å². The van der Waals surface area contributed by atoms with Crippen molar-refractivity contribution in [1.29, 1.82) is 0 Å². The highest BCUT2D eigenvalue weighted by molar-refractivity contribution is 7.16. The van der Waals surface area contributed by atoms with Crippen molar-refractivity contribution >= 4 is 28.4 Å². The predicted octanol–water partition coefficient (Wildman–Crippen LogP) is 4.66. The number of nitrogens with one attached hydrogen (secondary N) is 1. The van der Waals surface area contributed by atoms with E-state index in [0.29, 0.717) is 11.5 Å². The first-order valence-corrected chi connectivity index (χ1v) is 11.3. The Bertz CT molecular complexity index is 1210. The number of fused-ring (bicyclic) bond motifs is 1. The van der Waals surface area contributed by atoms with E-state index < -0.39 is 0 Å². The average molecular weight is 431 g/mol. The Morgan fingerprint density at radius 2 is 1.87 bits per heavy atom. The summed E-state index contributed by atoms with van der Waals surface area (Å²) in [6.45, 7) is 0. The fourth-order valence-electron chi connectivity index (χ4n) is 3.94. The van der Waals surface area contributed by atoms with E-state index in [1.54, 1.807) is 42.1 Å². The molecule has 0 atom stereocenters. The summed E-state index contributed by atoms with van der Waals surface area (Å²) in [4.78, 5) is 22.0. The Hall–Kier alpha value is -3.39. The molecule has 156 valence electrons. The number of benzene rings is 1. The highest BCUT2D eigenvalue weighted by Gasteiger charge is 2.23. The van der Waals surface area contributed by atoms with Gasteiger partial charge in [-0.05, 0) is 25.0 Å². The van der Waals surface area contributed by atoms with Crippen molar-refractivity contribution < 1.29 is 4.79 Å². The number of imidazole rings is 1. The van der Waals surface area contributed by atoms with Crippen LogP contribution >= 0.6 is 11.3 Å². The largest absolute Gasteiger partial charge is 0.271 e. The van der Waals surface area contributed by atoms with Crippen LogP contribution in [0.5, 0.6) is 0 Å². The van der Waals surface area contributed by atoms with Crippen LogP contribution in [0.4, 0.5) is 0 Å². The van der Waals surface area contributed by atoms with Gasteiger partial charge in [0, 0.05) is 29.4 Å². The minimum absolute atomic E-state index is 0.290. The molecule has 1 saturated carbocycles. The lowest BCUT2D eigenvalue weighted by molar-refractivity contribution is 0.0955. The molecule has 3 heterocycles. The third-order valence-corrected chi connectivity index (χ3v) is 6.62. The molecule has 4 aromatic rings. The lowest BCUT2D eigenvalue weighted by Gasteiger charge is -2.18. The normalized spacial score (nSPS) is 15.0. The zero-order chi connectivity index (χ0) is 21.0. The van der Waals surface area contributed by atoms with E-state index >= 15 is 0 Å². The SMILES string of the molecule is O=C(N/N=C\c1c(-c2ccccc2)nc2sc(C3CCCCC3)nn12)c1ccncc1. The van der Waals surface area contributed by atoms with Crippen LogP contribution in [0.3, 0.4) is 0 Å². The summed E-state index contributed by atoms with van der Waals surface area (Å²) in [5.41, 5.74) is 5.64. The molecule has 0 radical (unpaired) electrons. The topological polar surface area (TPSA) is 84.5 Å². The standard InChI is InChI=1S/C23H22N6OS/c30-21(17-11-13-24-14-12-17)27-25-15-19-20(16-7-3-1-4-8-16)26-23-29(19)28-22(31-23)18-9-5-2-6-10-18/h1,3-4,7-8,11-15,18H,2,5-6,9-10H2,(H,27,30)/b25-15-. The van der Waals surface area contributed by atoms with Crippen LogP contribution in [-0.2, 0) is 0 Å². The van der Waals surface area contributed by atoms with Crippen LogP contribution in [0.25, 0.3) is 16.2 Å². The zero-order valence-electron chi connectivity index (χ0n) is 16.9. The van der Waals surface area contributed by atoms with Crippen LogP contribution < -0.4 is 5.43 Å². The number of carbonyl (C=O) groups excluding carboxylic acids is 1. The lowest BCUT2D eigenvalue weighted by Crippen LogP contribution is -2.17. The second-order valence-electron chi connectivity index (χ2n) is 7.62. The summed E-state index contributed by atoms with van der Waals surface area (Å²) >= 11 is 1.65. The van der Waals surface area contributed by atoms with Crippen molar-refractivity contribution in [3.8, 4) is 11.3 Å². The smallest absolute Gasteiger partial charge is 0.267 e. The Morgan fingerprint density at radius 3 is 2.65 bits per heavy atom. The second kappa shape index (κ2) is 8.77. The van der Waals surface area contributed by atoms with Crippen LogP contribution in [0.2, 0.25) is 0 Å². The van der Waals surface area contributed by atoms with Crippen molar-refractivity contribution in [2.24, 2.45) is 5.10 Å². The molecule has 1 aliphatic carbocycles. The van der Waals surface area contributed by atoms with Gasteiger partial charge in [0.2, 0.25) is 4.96 Å². The molecule has 5 rings (SSSR count). The molecule has 1 aliphatic rings. The third-order valence-electron chi connectivity index (χ3n) is 5.55. The predicted molar refractivity (Wildman–Crippen MR) is 121 cm³/mol. The van der Waals surface area contributed by atoms with Gasteiger partial charge < -0.3 is 0 Å². The van der Waals surface area contributed by atoms with Gasteiger partial charge in [0.1, 0.15) is 16.4 Å². The summed E-state index contributed by atoms with van der Waals surface area (Å²) in [6.07, 6.45) is 11.0. The maximum absolute atomic E-state index is 12.3. The Kier molecular flexibility index (Phi) is 5.54. The summed E-state index contributed by atoms with van der Waals surface area (Å²) < 4.78 is 1.86. The number of nitrogens with zero attached hydrogens (tertiary/aromatic N) is 5. The minimum atomic E-state index is -0.290. The van der Waals surface area contributed by atoms with E-state index in [2.05, 4.69) is 15.5 Å². The van der Waals surface area contributed by atoms with Gasteiger partial charge in [0.05, 0.1) is 6.21 Å². The summed E-state index contributed by atoms with van der Waals surface area (Å²) in [5, 5.41) is 10.2. The van der Waals surface area contributed by atoms with Crippen LogP contribution in [0, 0.1) is 0 Å². The van der Waals surface area contributed by atoms with Gasteiger partial charge in [-0.1, -0.05) is 60.9 Å². The number of rotatable bonds is 5. The van der Waals surface area contributed by atoms with Crippen molar-refractivity contribution in [3.05, 3.63) is 71.1 Å². The molecular formula is C23H22N6OS. The molecule has 7 nitrogen and oxygen atoms in total. The molecule has 1 aromatic carbocycles. The van der Waals surface area contributed by atoms with E-state index in [9.17, 15) is 4.79 Å². The quantitative estimate of drug-likeness (QED) is 0.368. The molecular weight excluding hydrogens is 408 g/mol. The number of pyridine rings is 1. The van der Waals surface area contributed by atoms with E-state index in [0.717, 1.165) is 26.9 Å². The average Bonchev–Trinajstić information content (AvgIpc) is 3.40. The van der Waals surface area contributed by atoms with Crippen LogP contribution in [0.15, 0.2) is 60.0 Å². The van der Waals surface area contributed by atoms with Gasteiger partial charge in [-0.3, -0.25) is 9.78 Å². The molecule has 0 spiro atoms.